The molecule has 63 heavy (non-hydrogen) atoms. The number of hydrogen-bond acceptors (Lipinski definition) is 18. The first-order valence-electron chi connectivity index (χ1n) is 19.0. The van der Waals surface area contributed by atoms with E-state index in [1.165, 1.54) is 92.0 Å². The lowest BCUT2D eigenvalue weighted by Crippen LogP contribution is -2.13. The number of carbonyl (C=O) groups is 6. The van der Waals surface area contributed by atoms with E-state index in [0.29, 0.717) is 31.2 Å². The van der Waals surface area contributed by atoms with Gasteiger partial charge in [-0.2, -0.15) is 0 Å². The van der Waals surface area contributed by atoms with Crippen LogP contribution in [0, 0.1) is 0 Å². The minimum absolute atomic E-state index is 0.0237. The largest absolute Gasteiger partial charge is 0.513 e. The zero-order valence-electron chi connectivity index (χ0n) is 33.7. The second-order valence-electron chi connectivity index (χ2n) is 12.7. The Morgan fingerprint density at radius 3 is 1.57 bits per heavy atom. The molecule has 18 heteroatoms. The Bertz CT molecular complexity index is 2530. The van der Waals surface area contributed by atoms with Crippen molar-refractivity contribution in [3.05, 3.63) is 132 Å². The summed E-state index contributed by atoms with van der Waals surface area (Å²) in [6.07, 6.45) is 2.03. The van der Waals surface area contributed by atoms with E-state index in [4.69, 9.17) is 47.0 Å². The number of aromatic nitrogens is 1. The van der Waals surface area contributed by atoms with Gasteiger partial charge in [-0.3, -0.25) is 0 Å². The lowest BCUT2D eigenvalue weighted by molar-refractivity contribution is -0.138. The molecule has 1 aromatic heterocycles. The van der Waals surface area contributed by atoms with Crippen LogP contribution in [-0.2, 0) is 28.5 Å². The number of hydrogen-bond donors (Lipinski definition) is 0. The molecule has 0 bridgehead atoms. The molecule has 0 saturated heterocycles. The van der Waals surface area contributed by atoms with Crippen molar-refractivity contribution in [3.8, 4) is 40.2 Å². The second kappa shape index (κ2) is 22.9. The highest BCUT2D eigenvalue weighted by molar-refractivity contribution is 5.93. The molecule has 0 saturated carbocycles. The Morgan fingerprint density at radius 1 is 0.571 bits per heavy atom. The van der Waals surface area contributed by atoms with Crippen molar-refractivity contribution in [2.24, 2.45) is 0 Å². The van der Waals surface area contributed by atoms with Crippen molar-refractivity contribution in [1.29, 1.82) is 0 Å². The minimum atomic E-state index is -0.954. The molecule has 0 unspecified atom stereocenters. The van der Waals surface area contributed by atoms with Gasteiger partial charge in [-0.25, -0.2) is 38.5 Å². The Balaban J connectivity index is 1.12. The topological polar surface area (TPSA) is 229 Å². The molecule has 326 valence electrons. The van der Waals surface area contributed by atoms with Crippen molar-refractivity contribution in [1.82, 2.24) is 4.98 Å². The number of fused-ring (bicyclic) bond motifs is 1. The molecular weight excluding hydrogens is 826 g/mol. The lowest BCUT2D eigenvalue weighted by atomic mass is 10.1. The summed E-state index contributed by atoms with van der Waals surface area (Å²) >= 11 is 0. The van der Waals surface area contributed by atoms with E-state index in [0.717, 1.165) is 12.2 Å². The second-order valence-corrected chi connectivity index (χ2v) is 12.7. The van der Waals surface area contributed by atoms with Crippen LogP contribution in [0.2, 0.25) is 0 Å². The maximum Gasteiger partial charge on any atom is 0.513 e. The zero-order valence-corrected chi connectivity index (χ0v) is 33.7. The first-order valence-corrected chi connectivity index (χ1v) is 19.0. The average molecular weight is 866 g/mol. The van der Waals surface area contributed by atoms with Crippen LogP contribution in [-0.4, -0.2) is 74.7 Å². The fraction of sp³-hybridized carbons (Fsp3) is 0.200. The average Bonchev–Trinajstić information content (AvgIpc) is 3.29. The van der Waals surface area contributed by atoms with E-state index < -0.39 is 41.8 Å². The Morgan fingerprint density at radius 2 is 1.06 bits per heavy atom. The molecule has 5 aromatic rings. The molecule has 0 aliphatic heterocycles. The molecule has 0 aliphatic carbocycles. The number of unbranched alkanes of at least 4 members (excludes halogenated alkanes) is 2. The predicted octanol–water partition coefficient (Wildman–Crippen LogP) is 7.35. The van der Waals surface area contributed by atoms with Gasteiger partial charge < -0.3 is 47.0 Å². The Labute approximate surface area is 358 Å². The van der Waals surface area contributed by atoms with Gasteiger partial charge in [0.2, 0.25) is 5.89 Å². The summed E-state index contributed by atoms with van der Waals surface area (Å²) in [5.74, 6) is -2.24. The van der Waals surface area contributed by atoms with E-state index in [9.17, 15) is 33.6 Å². The summed E-state index contributed by atoms with van der Waals surface area (Å²) in [6, 6.07) is 19.6. The molecule has 1 heterocycles. The number of carbonyl (C=O) groups excluding carboxylic acids is 6. The van der Waals surface area contributed by atoms with Gasteiger partial charge in [-0.15, -0.1) is 0 Å². The summed E-state index contributed by atoms with van der Waals surface area (Å²) in [5.41, 5.74) is 0.00409. The number of ether oxygens (including phenoxy) is 9. The summed E-state index contributed by atoms with van der Waals surface area (Å²) < 4.78 is 51.8. The normalized spacial score (nSPS) is 10.4. The maximum absolute atomic E-state index is 13.1. The van der Waals surface area contributed by atoms with Crippen LogP contribution in [0.1, 0.15) is 46.4 Å². The van der Waals surface area contributed by atoms with Crippen LogP contribution in [0.15, 0.2) is 119 Å². The van der Waals surface area contributed by atoms with E-state index >= 15 is 0 Å². The molecule has 18 nitrogen and oxygen atoms in total. The molecule has 0 amide bonds. The highest BCUT2D eigenvalue weighted by Gasteiger charge is 2.18. The SMILES string of the molecule is C=CC(=O)OCCCCOC(=O)Oc1ccc(C(=O)Oc2ccc3nc(-c4ccc(OC(=O)c5ccc(OC(=O)OCCCCOC(=O)C=C)cc5)c(OC)c4)oc(=O)c3c2)cc1. The molecule has 0 aliphatic rings. The molecule has 0 atom stereocenters. The van der Waals surface area contributed by atoms with E-state index in [1.807, 2.05) is 0 Å². The fourth-order valence-corrected chi connectivity index (χ4v) is 5.20. The number of methoxy groups -OCH3 is 1. The Kier molecular flexibility index (Phi) is 16.7. The third-order valence-electron chi connectivity index (χ3n) is 8.34. The summed E-state index contributed by atoms with van der Waals surface area (Å²) in [6.45, 7) is 7.01. The van der Waals surface area contributed by atoms with Crippen LogP contribution in [0.3, 0.4) is 0 Å². The van der Waals surface area contributed by atoms with E-state index in [1.54, 1.807) is 0 Å². The van der Waals surface area contributed by atoms with E-state index in [-0.39, 0.29) is 83.1 Å². The zero-order chi connectivity index (χ0) is 45.1. The van der Waals surface area contributed by atoms with Crippen LogP contribution in [0.25, 0.3) is 22.4 Å². The van der Waals surface area contributed by atoms with Crippen LogP contribution < -0.4 is 29.3 Å². The first kappa shape index (κ1) is 45.8. The van der Waals surface area contributed by atoms with Gasteiger partial charge in [0.25, 0.3) is 0 Å². The van der Waals surface area contributed by atoms with Gasteiger partial charge in [0, 0.05) is 17.7 Å². The highest BCUT2D eigenvalue weighted by atomic mass is 16.7. The first-order chi connectivity index (χ1) is 30.5. The van der Waals surface area contributed by atoms with Crippen LogP contribution >= 0.6 is 0 Å². The van der Waals surface area contributed by atoms with Crippen molar-refractivity contribution >= 4 is 47.1 Å². The van der Waals surface area contributed by atoms with Crippen molar-refractivity contribution in [2.45, 2.75) is 25.7 Å². The molecule has 0 N–H and O–H groups in total. The smallest absolute Gasteiger partial charge is 0.493 e. The third kappa shape index (κ3) is 13.9. The van der Waals surface area contributed by atoms with Crippen LogP contribution in [0.5, 0.6) is 28.7 Å². The number of rotatable bonds is 20. The molecule has 0 fully saturated rings. The van der Waals surface area contributed by atoms with Gasteiger partial charge in [0.15, 0.2) is 11.5 Å². The van der Waals surface area contributed by atoms with Gasteiger partial charge >= 0.3 is 41.8 Å². The molecule has 0 radical (unpaired) electrons. The quantitative estimate of drug-likeness (QED) is 0.0186. The monoisotopic (exact) mass is 865 g/mol. The van der Waals surface area contributed by atoms with Gasteiger partial charge in [0.05, 0.1) is 55.6 Å². The standard InChI is InChI=1S/C45H39NO17/c1-4-38(47)55-22-6-8-24-57-44(52)60-31-15-10-28(11-16-31)41(49)59-33-19-20-35-34(27-33)43(51)63-40(46-35)30-14-21-36(37(26-30)54-3)62-42(50)29-12-17-32(18-13-29)61-45(53)58-25-9-7-23-56-39(48)5-2/h4-5,10-21,26-27H,1-2,6-9,22-25H2,3H3. The van der Waals surface area contributed by atoms with Gasteiger partial charge in [-0.05, 0) is 111 Å². The number of benzene rings is 4. The molecular formula is C45H39NO17. The van der Waals surface area contributed by atoms with Gasteiger partial charge in [0.1, 0.15) is 17.2 Å². The maximum atomic E-state index is 13.1. The summed E-state index contributed by atoms with van der Waals surface area (Å²) in [4.78, 5) is 89.4. The third-order valence-corrected chi connectivity index (χ3v) is 8.34. The van der Waals surface area contributed by atoms with Crippen molar-refractivity contribution < 1.29 is 75.8 Å². The lowest BCUT2D eigenvalue weighted by Gasteiger charge is -2.11. The number of esters is 4. The number of nitrogens with zero attached hydrogens (tertiary/aromatic N) is 1. The molecule has 4 aromatic carbocycles. The fourth-order valence-electron chi connectivity index (χ4n) is 5.20. The summed E-state index contributed by atoms with van der Waals surface area (Å²) in [5, 5.41) is 0.0237. The summed E-state index contributed by atoms with van der Waals surface area (Å²) in [7, 11) is 1.35. The highest BCUT2D eigenvalue weighted by Crippen LogP contribution is 2.33. The van der Waals surface area contributed by atoms with Crippen molar-refractivity contribution in [3.63, 3.8) is 0 Å². The van der Waals surface area contributed by atoms with Crippen molar-refractivity contribution in [2.75, 3.05) is 33.5 Å². The van der Waals surface area contributed by atoms with Crippen LogP contribution in [0.4, 0.5) is 9.59 Å². The van der Waals surface area contributed by atoms with Gasteiger partial charge in [-0.1, -0.05) is 13.2 Å². The Hall–Kier alpha value is -8.28. The molecule has 0 spiro atoms. The van der Waals surface area contributed by atoms with E-state index in [2.05, 4.69) is 18.1 Å². The minimum Gasteiger partial charge on any atom is -0.493 e. The predicted molar refractivity (Wildman–Crippen MR) is 220 cm³/mol. The molecule has 5 rings (SSSR count).